The molecule has 0 bridgehead atoms. The van der Waals surface area contributed by atoms with E-state index in [1.807, 2.05) is 0 Å². The van der Waals surface area contributed by atoms with Crippen LogP contribution in [0.3, 0.4) is 0 Å². The highest BCUT2D eigenvalue weighted by Gasteiger charge is 2.37. The lowest BCUT2D eigenvalue weighted by Crippen LogP contribution is -2.44. The van der Waals surface area contributed by atoms with Gasteiger partial charge in [0.25, 0.3) is 0 Å². The summed E-state index contributed by atoms with van der Waals surface area (Å²) in [4.78, 5) is 2.49. The lowest BCUT2D eigenvalue weighted by Gasteiger charge is -2.32. The molecular weight excluding hydrogens is 212 g/mol. The first kappa shape index (κ1) is 13.3. The van der Waals surface area contributed by atoms with Crippen molar-refractivity contribution in [1.82, 2.24) is 10.2 Å². The Balaban J connectivity index is 1.77. The summed E-state index contributed by atoms with van der Waals surface area (Å²) in [6.45, 7) is 7.72. The highest BCUT2D eigenvalue weighted by Crippen LogP contribution is 2.30. The van der Waals surface area contributed by atoms with Gasteiger partial charge in [0.05, 0.1) is 6.61 Å². The number of nitrogens with zero attached hydrogens (tertiary/aromatic N) is 1. The summed E-state index contributed by atoms with van der Waals surface area (Å²) in [5.74, 6) is 0. The Morgan fingerprint density at radius 3 is 2.82 bits per heavy atom. The Morgan fingerprint density at radius 2 is 2.24 bits per heavy atom. The van der Waals surface area contributed by atoms with Crippen LogP contribution in [0, 0.1) is 5.41 Å². The summed E-state index contributed by atoms with van der Waals surface area (Å²) in [7, 11) is 2.26. The lowest BCUT2D eigenvalue weighted by molar-refractivity contribution is 0.118. The van der Waals surface area contributed by atoms with Gasteiger partial charge in [-0.25, -0.2) is 0 Å². The van der Waals surface area contributed by atoms with Crippen molar-refractivity contribution in [2.24, 2.45) is 5.41 Å². The highest BCUT2D eigenvalue weighted by atomic mass is 16.5. The van der Waals surface area contributed by atoms with Gasteiger partial charge in [0.2, 0.25) is 0 Å². The van der Waals surface area contributed by atoms with Crippen molar-refractivity contribution in [2.45, 2.75) is 45.1 Å². The van der Waals surface area contributed by atoms with Crippen LogP contribution >= 0.6 is 0 Å². The average molecular weight is 240 g/mol. The Kier molecular flexibility index (Phi) is 4.83. The standard InChI is InChI=1S/C14H28N2O/c1-3-4-8-16(2)11-14(7-9-17-12-14)10-15-13-5-6-13/h13,15H,3-12H2,1-2H3. The van der Waals surface area contributed by atoms with Gasteiger partial charge in [-0.1, -0.05) is 13.3 Å². The number of hydrogen-bond donors (Lipinski definition) is 1. The van der Waals surface area contributed by atoms with Gasteiger partial charge in [-0.15, -0.1) is 0 Å². The van der Waals surface area contributed by atoms with Gasteiger partial charge in [-0.05, 0) is 39.3 Å². The molecule has 2 fully saturated rings. The predicted molar refractivity (Wildman–Crippen MR) is 71.3 cm³/mol. The van der Waals surface area contributed by atoms with Crippen LogP contribution in [0.25, 0.3) is 0 Å². The fourth-order valence-electron chi connectivity index (χ4n) is 2.70. The summed E-state index contributed by atoms with van der Waals surface area (Å²) >= 11 is 0. The second-order valence-electron chi connectivity index (χ2n) is 6.05. The Morgan fingerprint density at radius 1 is 1.41 bits per heavy atom. The van der Waals surface area contributed by atoms with E-state index >= 15 is 0 Å². The van der Waals surface area contributed by atoms with E-state index in [1.165, 1.54) is 45.2 Å². The lowest BCUT2D eigenvalue weighted by atomic mass is 9.86. The molecule has 0 aromatic heterocycles. The zero-order valence-corrected chi connectivity index (χ0v) is 11.5. The molecule has 17 heavy (non-hydrogen) atoms. The number of hydrogen-bond acceptors (Lipinski definition) is 3. The van der Waals surface area contributed by atoms with Crippen LogP contribution in [0.1, 0.15) is 39.0 Å². The van der Waals surface area contributed by atoms with Gasteiger partial charge in [-0.3, -0.25) is 0 Å². The Hall–Kier alpha value is -0.120. The molecule has 0 spiro atoms. The normalized spacial score (nSPS) is 29.1. The Labute approximate surface area is 106 Å². The molecule has 1 heterocycles. The maximum Gasteiger partial charge on any atom is 0.0547 e. The van der Waals surface area contributed by atoms with Crippen molar-refractivity contribution in [3.8, 4) is 0 Å². The zero-order chi connectivity index (χ0) is 12.1. The van der Waals surface area contributed by atoms with Crippen LogP contribution in [0.2, 0.25) is 0 Å². The number of rotatable bonds is 8. The van der Waals surface area contributed by atoms with Crippen molar-refractivity contribution in [3.63, 3.8) is 0 Å². The summed E-state index contributed by atoms with van der Waals surface area (Å²) in [6, 6.07) is 0.813. The van der Waals surface area contributed by atoms with Gasteiger partial charge in [0, 0.05) is 31.2 Å². The van der Waals surface area contributed by atoms with Crippen LogP contribution in [0.5, 0.6) is 0 Å². The third-order valence-electron chi connectivity index (χ3n) is 4.03. The van der Waals surface area contributed by atoms with Gasteiger partial charge in [0.15, 0.2) is 0 Å². The molecule has 1 atom stereocenters. The fraction of sp³-hybridized carbons (Fsp3) is 1.00. The van der Waals surface area contributed by atoms with Crippen LogP contribution < -0.4 is 5.32 Å². The largest absolute Gasteiger partial charge is 0.381 e. The second kappa shape index (κ2) is 6.17. The summed E-state index contributed by atoms with van der Waals surface area (Å²) in [6.07, 6.45) is 6.58. The quantitative estimate of drug-likeness (QED) is 0.701. The van der Waals surface area contributed by atoms with E-state index in [0.29, 0.717) is 5.41 Å². The summed E-state index contributed by atoms with van der Waals surface area (Å²) < 4.78 is 5.65. The van der Waals surface area contributed by atoms with E-state index in [4.69, 9.17) is 4.74 Å². The monoisotopic (exact) mass is 240 g/mol. The molecule has 0 aromatic rings. The first-order valence-electron chi connectivity index (χ1n) is 7.24. The molecule has 0 amide bonds. The third kappa shape index (κ3) is 4.23. The van der Waals surface area contributed by atoms with E-state index < -0.39 is 0 Å². The average Bonchev–Trinajstić information content (AvgIpc) is 3.05. The Bertz CT molecular complexity index is 222. The number of ether oxygens (including phenoxy) is 1. The van der Waals surface area contributed by atoms with E-state index in [9.17, 15) is 0 Å². The van der Waals surface area contributed by atoms with Gasteiger partial charge >= 0.3 is 0 Å². The molecule has 1 N–H and O–H groups in total. The maximum absolute atomic E-state index is 5.65. The molecule has 1 aliphatic carbocycles. The van der Waals surface area contributed by atoms with Crippen LogP contribution in [-0.4, -0.2) is 50.8 Å². The zero-order valence-electron chi connectivity index (χ0n) is 11.5. The molecule has 3 heteroatoms. The molecule has 1 unspecified atom stereocenters. The smallest absolute Gasteiger partial charge is 0.0547 e. The fourth-order valence-corrected chi connectivity index (χ4v) is 2.70. The summed E-state index contributed by atoms with van der Waals surface area (Å²) in [5.41, 5.74) is 0.380. The minimum absolute atomic E-state index is 0.380. The van der Waals surface area contributed by atoms with E-state index in [1.54, 1.807) is 0 Å². The van der Waals surface area contributed by atoms with Crippen molar-refractivity contribution >= 4 is 0 Å². The SMILES string of the molecule is CCCCN(C)CC1(CNC2CC2)CCOC1. The molecule has 1 saturated carbocycles. The van der Waals surface area contributed by atoms with Crippen molar-refractivity contribution in [1.29, 1.82) is 0 Å². The molecule has 100 valence electrons. The predicted octanol–water partition coefficient (Wildman–Crippen LogP) is 1.88. The van der Waals surface area contributed by atoms with E-state index in [-0.39, 0.29) is 0 Å². The molecule has 0 radical (unpaired) electrons. The number of unbranched alkanes of at least 4 members (excludes halogenated alkanes) is 1. The molecule has 2 aliphatic rings. The molecule has 3 nitrogen and oxygen atoms in total. The van der Waals surface area contributed by atoms with E-state index in [2.05, 4.69) is 24.2 Å². The van der Waals surface area contributed by atoms with Crippen molar-refractivity contribution in [3.05, 3.63) is 0 Å². The third-order valence-corrected chi connectivity index (χ3v) is 4.03. The van der Waals surface area contributed by atoms with Crippen LogP contribution in [0.15, 0.2) is 0 Å². The molecule has 1 aliphatic heterocycles. The van der Waals surface area contributed by atoms with Gasteiger partial charge in [0.1, 0.15) is 0 Å². The minimum Gasteiger partial charge on any atom is -0.381 e. The molecular formula is C14H28N2O. The first-order valence-corrected chi connectivity index (χ1v) is 7.24. The molecule has 1 saturated heterocycles. The second-order valence-corrected chi connectivity index (χ2v) is 6.05. The van der Waals surface area contributed by atoms with Crippen molar-refractivity contribution < 1.29 is 4.74 Å². The number of nitrogens with one attached hydrogen (secondary N) is 1. The van der Waals surface area contributed by atoms with Gasteiger partial charge in [-0.2, -0.15) is 0 Å². The van der Waals surface area contributed by atoms with Crippen molar-refractivity contribution in [2.75, 3.05) is 39.9 Å². The minimum atomic E-state index is 0.380. The van der Waals surface area contributed by atoms with E-state index in [0.717, 1.165) is 25.8 Å². The first-order chi connectivity index (χ1) is 8.24. The summed E-state index contributed by atoms with van der Waals surface area (Å²) in [5, 5.41) is 3.69. The maximum atomic E-state index is 5.65. The van der Waals surface area contributed by atoms with Gasteiger partial charge < -0.3 is 15.0 Å². The van der Waals surface area contributed by atoms with Crippen LogP contribution in [0.4, 0.5) is 0 Å². The topological polar surface area (TPSA) is 24.5 Å². The van der Waals surface area contributed by atoms with Crippen LogP contribution in [-0.2, 0) is 4.74 Å². The molecule has 2 rings (SSSR count). The highest BCUT2D eigenvalue weighted by molar-refractivity contribution is 4.91. The molecule has 0 aromatic carbocycles.